The number of hydrogen-bond acceptors (Lipinski definition) is 5. The number of hydrogen-bond donors (Lipinski definition) is 0. The number of carbonyl (C=O) groups is 2. The second-order valence-electron chi connectivity index (χ2n) is 6.19. The second kappa shape index (κ2) is 8.02. The highest BCUT2D eigenvalue weighted by atomic mass is 32.2. The number of methoxy groups -OCH3 is 2. The smallest absolute Gasteiger partial charge is 0.293 e. The summed E-state index contributed by atoms with van der Waals surface area (Å²) >= 11 is 0.969. The van der Waals surface area contributed by atoms with Crippen molar-refractivity contribution in [2.24, 2.45) is 0 Å². The van der Waals surface area contributed by atoms with Gasteiger partial charge >= 0.3 is 0 Å². The molecule has 3 rings (SSSR count). The number of aromatic nitrogens is 1. The SMILES string of the molecule is COCCN1C(=O)S/C(=C/c2cc(C)n(-c3ccc(OC)cc3)c2C)C1=O. The lowest BCUT2D eigenvalue weighted by Crippen LogP contribution is -2.31. The van der Waals surface area contributed by atoms with Gasteiger partial charge in [0, 0.05) is 24.2 Å². The van der Waals surface area contributed by atoms with Gasteiger partial charge in [-0.1, -0.05) is 0 Å². The number of aryl methyl sites for hydroxylation is 1. The molecule has 1 fully saturated rings. The molecule has 2 amide bonds. The van der Waals surface area contributed by atoms with Gasteiger partial charge in [-0.25, -0.2) is 0 Å². The van der Waals surface area contributed by atoms with Crippen LogP contribution in [0, 0.1) is 13.8 Å². The third kappa shape index (κ3) is 3.79. The quantitative estimate of drug-likeness (QED) is 0.707. The summed E-state index contributed by atoms with van der Waals surface area (Å²) in [7, 11) is 3.18. The van der Waals surface area contributed by atoms with Crippen LogP contribution in [-0.4, -0.2) is 48.0 Å². The van der Waals surface area contributed by atoms with Gasteiger partial charge in [0.2, 0.25) is 0 Å². The van der Waals surface area contributed by atoms with E-state index in [9.17, 15) is 9.59 Å². The monoisotopic (exact) mass is 386 g/mol. The third-order valence-corrected chi connectivity index (χ3v) is 5.39. The van der Waals surface area contributed by atoms with E-state index < -0.39 is 0 Å². The summed E-state index contributed by atoms with van der Waals surface area (Å²) in [6.45, 7) is 4.61. The van der Waals surface area contributed by atoms with E-state index in [-0.39, 0.29) is 17.7 Å². The number of benzene rings is 1. The van der Waals surface area contributed by atoms with Gasteiger partial charge in [0.05, 0.1) is 25.2 Å². The number of rotatable bonds is 6. The molecule has 0 bridgehead atoms. The Kier molecular flexibility index (Phi) is 5.72. The van der Waals surface area contributed by atoms with Crippen molar-refractivity contribution in [1.82, 2.24) is 9.47 Å². The molecule has 1 aliphatic heterocycles. The van der Waals surface area contributed by atoms with Crippen LogP contribution in [0.3, 0.4) is 0 Å². The summed E-state index contributed by atoms with van der Waals surface area (Å²) in [6.07, 6.45) is 1.79. The summed E-state index contributed by atoms with van der Waals surface area (Å²) < 4.78 is 12.3. The first-order valence-corrected chi connectivity index (χ1v) is 9.35. The van der Waals surface area contributed by atoms with E-state index in [4.69, 9.17) is 9.47 Å². The van der Waals surface area contributed by atoms with E-state index in [0.717, 1.165) is 40.2 Å². The Labute approximate surface area is 162 Å². The molecule has 27 heavy (non-hydrogen) atoms. The first-order chi connectivity index (χ1) is 13.0. The molecule has 0 atom stereocenters. The normalized spacial score (nSPS) is 15.9. The van der Waals surface area contributed by atoms with Gasteiger partial charge in [-0.05, 0) is 67.6 Å². The van der Waals surface area contributed by atoms with Crippen LogP contribution < -0.4 is 4.74 Å². The molecule has 1 aliphatic rings. The standard InChI is InChI=1S/C20H22N2O4S/c1-13-11-15(12-18-19(23)21(9-10-25-3)20(24)27-18)14(2)22(13)16-5-7-17(26-4)8-6-16/h5-8,11-12H,9-10H2,1-4H3/b18-12+. The van der Waals surface area contributed by atoms with Gasteiger partial charge in [-0.15, -0.1) is 0 Å². The van der Waals surface area contributed by atoms with Crippen molar-refractivity contribution in [2.45, 2.75) is 13.8 Å². The van der Waals surface area contributed by atoms with Crippen LogP contribution in [0.1, 0.15) is 17.0 Å². The molecule has 0 spiro atoms. The molecule has 0 N–H and O–H groups in total. The van der Waals surface area contributed by atoms with Gasteiger partial charge in [-0.2, -0.15) is 0 Å². The number of ether oxygens (including phenoxy) is 2. The summed E-state index contributed by atoms with van der Waals surface area (Å²) in [6, 6.07) is 9.81. The molecule has 1 aromatic carbocycles. The van der Waals surface area contributed by atoms with Gasteiger partial charge in [-0.3, -0.25) is 14.5 Å². The number of nitrogens with zero attached hydrogens (tertiary/aromatic N) is 2. The second-order valence-corrected chi connectivity index (χ2v) is 7.18. The summed E-state index contributed by atoms with van der Waals surface area (Å²) in [5.74, 6) is 0.530. The Bertz CT molecular complexity index is 899. The van der Waals surface area contributed by atoms with Crippen molar-refractivity contribution >= 4 is 29.0 Å². The maximum Gasteiger partial charge on any atom is 0.293 e. The predicted molar refractivity (Wildman–Crippen MR) is 106 cm³/mol. The maximum absolute atomic E-state index is 12.5. The van der Waals surface area contributed by atoms with Crippen LogP contribution in [0.15, 0.2) is 35.2 Å². The van der Waals surface area contributed by atoms with E-state index >= 15 is 0 Å². The number of amides is 2. The van der Waals surface area contributed by atoms with Gasteiger partial charge < -0.3 is 14.0 Å². The fraction of sp³-hybridized carbons (Fsp3) is 0.300. The minimum absolute atomic E-state index is 0.257. The van der Waals surface area contributed by atoms with Gasteiger partial charge in [0.15, 0.2) is 0 Å². The summed E-state index contributed by atoms with van der Waals surface area (Å²) in [5.41, 5.74) is 3.98. The lowest BCUT2D eigenvalue weighted by molar-refractivity contribution is -0.123. The number of carbonyl (C=O) groups excluding carboxylic acids is 2. The first kappa shape index (κ1) is 19.3. The van der Waals surface area contributed by atoms with Crippen molar-refractivity contribution in [3.05, 3.63) is 52.2 Å². The van der Waals surface area contributed by atoms with E-state index in [2.05, 4.69) is 4.57 Å². The van der Waals surface area contributed by atoms with Crippen LogP contribution in [0.25, 0.3) is 11.8 Å². The topological polar surface area (TPSA) is 60.8 Å². The molecule has 0 aliphatic carbocycles. The number of thioether (sulfide) groups is 1. The highest BCUT2D eigenvalue weighted by molar-refractivity contribution is 8.18. The van der Waals surface area contributed by atoms with Crippen molar-refractivity contribution in [3.63, 3.8) is 0 Å². The molecule has 6 nitrogen and oxygen atoms in total. The summed E-state index contributed by atoms with van der Waals surface area (Å²) in [4.78, 5) is 26.3. The average molecular weight is 386 g/mol. The largest absolute Gasteiger partial charge is 0.497 e. The van der Waals surface area contributed by atoms with Crippen LogP contribution in [-0.2, 0) is 9.53 Å². The zero-order valence-electron chi connectivity index (χ0n) is 15.8. The van der Waals surface area contributed by atoms with E-state index in [1.807, 2.05) is 44.2 Å². The molecular weight excluding hydrogens is 364 g/mol. The molecule has 2 aromatic rings. The first-order valence-electron chi connectivity index (χ1n) is 8.54. The van der Waals surface area contributed by atoms with Crippen LogP contribution in [0.2, 0.25) is 0 Å². The molecule has 0 unspecified atom stereocenters. The minimum atomic E-state index is -0.267. The van der Waals surface area contributed by atoms with Gasteiger partial charge in [0.1, 0.15) is 5.75 Å². The van der Waals surface area contributed by atoms with Crippen LogP contribution >= 0.6 is 11.8 Å². The molecule has 1 aromatic heterocycles. The van der Waals surface area contributed by atoms with E-state index in [1.165, 1.54) is 4.90 Å². The van der Waals surface area contributed by atoms with Gasteiger partial charge in [0.25, 0.3) is 11.1 Å². The highest BCUT2D eigenvalue weighted by Gasteiger charge is 2.34. The highest BCUT2D eigenvalue weighted by Crippen LogP contribution is 2.33. The fourth-order valence-corrected chi connectivity index (χ4v) is 3.93. The predicted octanol–water partition coefficient (Wildman–Crippen LogP) is 3.79. The third-order valence-electron chi connectivity index (χ3n) is 4.48. The zero-order valence-corrected chi connectivity index (χ0v) is 16.6. The van der Waals surface area contributed by atoms with Crippen LogP contribution in [0.4, 0.5) is 4.79 Å². The van der Waals surface area contributed by atoms with E-state index in [0.29, 0.717) is 11.5 Å². The Morgan fingerprint density at radius 2 is 1.81 bits per heavy atom. The Morgan fingerprint density at radius 3 is 2.44 bits per heavy atom. The van der Waals surface area contributed by atoms with Crippen LogP contribution in [0.5, 0.6) is 5.75 Å². The molecule has 142 valence electrons. The fourth-order valence-electron chi connectivity index (χ4n) is 3.08. The Balaban J connectivity index is 1.91. The van der Waals surface area contributed by atoms with E-state index in [1.54, 1.807) is 20.3 Å². The average Bonchev–Trinajstić information content (AvgIpc) is 3.09. The molecular formula is C20H22N2O4S. The van der Waals surface area contributed by atoms with Crippen molar-refractivity contribution in [2.75, 3.05) is 27.4 Å². The van der Waals surface area contributed by atoms with Crippen molar-refractivity contribution < 1.29 is 19.1 Å². The molecule has 7 heteroatoms. The molecule has 0 saturated carbocycles. The molecule has 0 radical (unpaired) electrons. The molecule has 1 saturated heterocycles. The van der Waals surface area contributed by atoms with Crippen molar-refractivity contribution in [1.29, 1.82) is 0 Å². The Morgan fingerprint density at radius 1 is 1.11 bits per heavy atom. The van der Waals surface area contributed by atoms with Crippen molar-refractivity contribution in [3.8, 4) is 11.4 Å². The number of imide groups is 1. The summed E-state index contributed by atoms with van der Waals surface area (Å²) in [5, 5.41) is -0.257. The maximum atomic E-state index is 12.5. The lowest BCUT2D eigenvalue weighted by Gasteiger charge is -2.11. The minimum Gasteiger partial charge on any atom is -0.497 e. The molecule has 2 heterocycles. The lowest BCUT2D eigenvalue weighted by atomic mass is 10.2. The Hall–Kier alpha value is -2.51. The zero-order chi connectivity index (χ0) is 19.6.